The van der Waals surface area contributed by atoms with Crippen LogP contribution in [0.3, 0.4) is 0 Å². The van der Waals surface area contributed by atoms with Crippen molar-refractivity contribution in [2.45, 2.75) is 6.42 Å². The summed E-state index contributed by atoms with van der Waals surface area (Å²) in [5.74, 6) is 0.660. The summed E-state index contributed by atoms with van der Waals surface area (Å²) in [6.45, 7) is 5.14. The number of H-pyrrole nitrogens is 1. The van der Waals surface area contributed by atoms with Crippen LogP contribution in [0.5, 0.6) is 5.75 Å². The fourth-order valence-corrected chi connectivity index (χ4v) is 3.62. The maximum absolute atomic E-state index is 13.9. The Kier molecular flexibility index (Phi) is 5.58. The van der Waals surface area contributed by atoms with E-state index < -0.39 is 0 Å². The van der Waals surface area contributed by atoms with E-state index in [1.807, 2.05) is 30.3 Å². The zero-order valence-corrected chi connectivity index (χ0v) is 15.7. The predicted octanol–water partition coefficient (Wildman–Crippen LogP) is 3.26. The molecule has 0 bridgehead atoms. The van der Waals surface area contributed by atoms with Crippen LogP contribution in [0.2, 0.25) is 0 Å². The molecule has 1 fully saturated rings. The first-order chi connectivity index (χ1) is 13.7. The Morgan fingerprint density at radius 1 is 1.00 bits per heavy atom. The fourth-order valence-electron chi connectivity index (χ4n) is 3.62. The average molecular weight is 381 g/mol. The lowest BCUT2D eigenvalue weighted by molar-refractivity contribution is 0.224. The molecule has 0 atom stereocenters. The van der Waals surface area contributed by atoms with E-state index in [-0.39, 0.29) is 11.4 Å². The average Bonchev–Trinajstić information content (AvgIpc) is 2.72. The van der Waals surface area contributed by atoms with Gasteiger partial charge < -0.3 is 14.6 Å². The smallest absolute Gasteiger partial charge is 0.248 e. The SMILES string of the molecule is O=c1ccc2cc(OCCCN3CCN(c4ccccc4F)CC3)ccc2[nH]1. The van der Waals surface area contributed by atoms with Crippen LogP contribution >= 0.6 is 0 Å². The summed E-state index contributed by atoms with van der Waals surface area (Å²) in [6, 6.07) is 16.0. The highest BCUT2D eigenvalue weighted by molar-refractivity contribution is 5.79. The molecule has 1 aliphatic heterocycles. The van der Waals surface area contributed by atoms with Gasteiger partial charge in [0.25, 0.3) is 0 Å². The van der Waals surface area contributed by atoms with E-state index in [0.29, 0.717) is 12.3 Å². The van der Waals surface area contributed by atoms with Gasteiger partial charge in [0.15, 0.2) is 0 Å². The van der Waals surface area contributed by atoms with Crippen LogP contribution in [0.1, 0.15) is 6.42 Å². The molecule has 2 heterocycles. The number of piperazine rings is 1. The van der Waals surface area contributed by atoms with E-state index in [2.05, 4.69) is 14.8 Å². The van der Waals surface area contributed by atoms with E-state index >= 15 is 0 Å². The number of nitrogens with zero attached hydrogens (tertiary/aromatic N) is 2. The number of halogens is 1. The Labute approximate surface area is 163 Å². The third kappa shape index (κ3) is 4.34. The van der Waals surface area contributed by atoms with Crippen molar-refractivity contribution in [3.05, 3.63) is 70.8 Å². The van der Waals surface area contributed by atoms with Gasteiger partial charge in [0.05, 0.1) is 12.3 Å². The molecule has 1 aromatic heterocycles. The van der Waals surface area contributed by atoms with Crippen molar-refractivity contribution in [1.29, 1.82) is 0 Å². The zero-order chi connectivity index (χ0) is 19.3. The van der Waals surface area contributed by atoms with Gasteiger partial charge in [-0.25, -0.2) is 4.39 Å². The number of anilines is 1. The number of ether oxygens (including phenoxy) is 1. The van der Waals surface area contributed by atoms with Crippen molar-refractivity contribution in [1.82, 2.24) is 9.88 Å². The van der Waals surface area contributed by atoms with Gasteiger partial charge >= 0.3 is 0 Å². The second kappa shape index (κ2) is 8.44. The van der Waals surface area contributed by atoms with E-state index in [1.165, 1.54) is 12.1 Å². The largest absolute Gasteiger partial charge is 0.494 e. The van der Waals surface area contributed by atoms with Gasteiger partial charge in [-0.2, -0.15) is 0 Å². The number of hydrogen-bond acceptors (Lipinski definition) is 4. The Morgan fingerprint density at radius 2 is 1.82 bits per heavy atom. The van der Waals surface area contributed by atoms with E-state index in [4.69, 9.17) is 4.74 Å². The highest BCUT2D eigenvalue weighted by Gasteiger charge is 2.18. The van der Waals surface area contributed by atoms with Crippen molar-refractivity contribution in [3.63, 3.8) is 0 Å². The number of hydrogen-bond donors (Lipinski definition) is 1. The van der Waals surface area contributed by atoms with Crippen LogP contribution in [0.25, 0.3) is 10.9 Å². The lowest BCUT2D eigenvalue weighted by Gasteiger charge is -2.36. The molecular formula is C22H24FN3O2. The second-order valence-corrected chi connectivity index (χ2v) is 7.05. The minimum Gasteiger partial charge on any atom is -0.494 e. The van der Waals surface area contributed by atoms with Crippen molar-refractivity contribution < 1.29 is 9.13 Å². The van der Waals surface area contributed by atoms with Gasteiger partial charge in [0.1, 0.15) is 11.6 Å². The third-order valence-electron chi connectivity index (χ3n) is 5.15. The van der Waals surface area contributed by atoms with Crippen LogP contribution in [-0.2, 0) is 0 Å². The van der Waals surface area contributed by atoms with E-state index in [1.54, 1.807) is 12.1 Å². The topological polar surface area (TPSA) is 48.6 Å². The minimum atomic E-state index is -0.149. The molecule has 3 aromatic rings. The van der Waals surface area contributed by atoms with Gasteiger partial charge in [-0.15, -0.1) is 0 Å². The van der Waals surface area contributed by atoms with Crippen molar-refractivity contribution in [2.24, 2.45) is 0 Å². The Morgan fingerprint density at radius 3 is 2.64 bits per heavy atom. The molecule has 0 amide bonds. The van der Waals surface area contributed by atoms with Crippen LogP contribution in [-0.4, -0.2) is 49.2 Å². The first-order valence-electron chi connectivity index (χ1n) is 9.67. The van der Waals surface area contributed by atoms with Gasteiger partial charge in [0.2, 0.25) is 5.56 Å². The van der Waals surface area contributed by atoms with Crippen LogP contribution in [0.15, 0.2) is 59.4 Å². The first kappa shape index (κ1) is 18.5. The molecule has 2 aromatic carbocycles. The number of nitrogens with one attached hydrogen (secondary N) is 1. The van der Waals surface area contributed by atoms with Gasteiger partial charge in [-0.05, 0) is 42.8 Å². The highest BCUT2D eigenvalue weighted by Crippen LogP contribution is 2.21. The highest BCUT2D eigenvalue weighted by atomic mass is 19.1. The number of pyridine rings is 1. The van der Waals surface area contributed by atoms with Gasteiger partial charge in [0, 0.05) is 49.7 Å². The molecular weight excluding hydrogens is 357 g/mol. The first-order valence-corrected chi connectivity index (χ1v) is 9.67. The Hall–Kier alpha value is -2.86. The Bertz CT molecular complexity index is 996. The standard InChI is InChI=1S/C22H24FN3O2/c23-19-4-1-2-5-21(19)26-13-11-25(12-14-26)10-3-15-28-18-7-8-20-17(16-18)6-9-22(27)24-20/h1-2,4-9,16H,3,10-15H2,(H,24,27). The maximum atomic E-state index is 13.9. The van der Waals surface area contributed by atoms with Crippen molar-refractivity contribution in [3.8, 4) is 5.75 Å². The molecule has 0 radical (unpaired) electrons. The molecule has 0 saturated carbocycles. The molecule has 0 spiro atoms. The summed E-state index contributed by atoms with van der Waals surface area (Å²) < 4.78 is 19.8. The second-order valence-electron chi connectivity index (χ2n) is 7.05. The van der Waals surface area contributed by atoms with E-state index in [0.717, 1.165) is 55.8 Å². The van der Waals surface area contributed by atoms with Crippen LogP contribution in [0.4, 0.5) is 10.1 Å². The van der Waals surface area contributed by atoms with Crippen LogP contribution in [0, 0.1) is 5.82 Å². The van der Waals surface area contributed by atoms with Crippen molar-refractivity contribution in [2.75, 3.05) is 44.2 Å². The Balaban J connectivity index is 1.22. The molecule has 0 unspecified atom stereocenters. The van der Waals surface area contributed by atoms with Crippen molar-refractivity contribution >= 4 is 16.6 Å². The maximum Gasteiger partial charge on any atom is 0.248 e. The number of aromatic nitrogens is 1. The normalized spacial score (nSPS) is 15.1. The molecule has 1 aliphatic rings. The fraction of sp³-hybridized carbons (Fsp3) is 0.318. The number of aromatic amines is 1. The minimum absolute atomic E-state index is 0.101. The summed E-state index contributed by atoms with van der Waals surface area (Å²) in [7, 11) is 0. The monoisotopic (exact) mass is 381 g/mol. The summed E-state index contributed by atoms with van der Waals surface area (Å²) in [5.41, 5.74) is 1.41. The molecule has 1 saturated heterocycles. The van der Waals surface area contributed by atoms with E-state index in [9.17, 15) is 9.18 Å². The molecule has 6 heteroatoms. The van der Waals surface area contributed by atoms with Gasteiger partial charge in [-0.3, -0.25) is 9.69 Å². The van der Waals surface area contributed by atoms with Crippen LogP contribution < -0.4 is 15.2 Å². The molecule has 28 heavy (non-hydrogen) atoms. The summed E-state index contributed by atoms with van der Waals surface area (Å²) >= 11 is 0. The van der Waals surface area contributed by atoms with Gasteiger partial charge in [-0.1, -0.05) is 12.1 Å². The molecule has 146 valence electrons. The lowest BCUT2D eigenvalue weighted by atomic mass is 10.2. The predicted molar refractivity (Wildman–Crippen MR) is 110 cm³/mol. The molecule has 1 N–H and O–H groups in total. The molecule has 0 aliphatic carbocycles. The molecule has 4 rings (SSSR count). The number of para-hydroxylation sites is 1. The zero-order valence-electron chi connectivity index (χ0n) is 15.7. The molecule has 5 nitrogen and oxygen atoms in total. The lowest BCUT2D eigenvalue weighted by Crippen LogP contribution is -2.47. The number of benzene rings is 2. The summed E-state index contributed by atoms with van der Waals surface area (Å²) in [5, 5.41) is 0.960. The summed E-state index contributed by atoms with van der Waals surface area (Å²) in [4.78, 5) is 18.6. The quantitative estimate of drug-likeness (QED) is 0.666. The number of rotatable bonds is 6. The summed E-state index contributed by atoms with van der Waals surface area (Å²) in [6.07, 6.45) is 0.934. The third-order valence-corrected chi connectivity index (χ3v) is 5.15. The number of fused-ring (bicyclic) bond motifs is 1.